The topological polar surface area (TPSA) is 57.7 Å². The van der Waals surface area contributed by atoms with Crippen LogP contribution in [0.1, 0.15) is 36.5 Å². The molecule has 0 aliphatic carbocycles. The van der Waals surface area contributed by atoms with Crippen LogP contribution in [0.5, 0.6) is 0 Å². The number of carbonyl (C=O) groups excluding carboxylic acids is 1. The van der Waals surface area contributed by atoms with Gasteiger partial charge >= 0.3 is 0 Å². The highest BCUT2D eigenvalue weighted by atomic mass is 32.2. The molecule has 0 aromatic heterocycles. The zero-order chi connectivity index (χ0) is 18.3. The van der Waals surface area contributed by atoms with Gasteiger partial charge in [0.1, 0.15) is 0 Å². The summed E-state index contributed by atoms with van der Waals surface area (Å²) in [5, 5.41) is 2.08. The molecule has 2 aliphatic rings. The molecule has 0 unspecified atom stereocenters. The van der Waals surface area contributed by atoms with Crippen molar-refractivity contribution in [2.75, 3.05) is 29.6 Å². The minimum Gasteiger partial charge on any atom is -0.294 e. The molecule has 2 aromatic carbocycles. The summed E-state index contributed by atoms with van der Waals surface area (Å²) < 4.78 is 23.9. The first-order chi connectivity index (χ1) is 12.5. The Kier molecular flexibility index (Phi) is 4.49. The van der Waals surface area contributed by atoms with Crippen LogP contribution in [-0.2, 0) is 9.84 Å². The number of benzene rings is 2. The van der Waals surface area contributed by atoms with Crippen molar-refractivity contribution < 1.29 is 13.2 Å². The maximum Gasteiger partial charge on any atom is 0.260 e. The summed E-state index contributed by atoms with van der Waals surface area (Å²) in [7, 11) is -2.95. The van der Waals surface area contributed by atoms with Crippen molar-refractivity contribution in [3.05, 3.63) is 42.0 Å². The molecular weight excluding hydrogens is 348 g/mol. The van der Waals surface area contributed by atoms with Crippen LogP contribution >= 0.6 is 0 Å². The minimum absolute atomic E-state index is 0.00210. The van der Waals surface area contributed by atoms with Crippen LogP contribution in [0.4, 0.5) is 5.69 Å². The van der Waals surface area contributed by atoms with Gasteiger partial charge in [-0.3, -0.25) is 14.6 Å². The fraction of sp³-hybridized carbons (Fsp3) is 0.450. The molecule has 0 radical (unpaired) electrons. The number of sulfone groups is 1. The lowest BCUT2D eigenvalue weighted by molar-refractivity contribution is 0.0964. The molecule has 0 saturated carbocycles. The van der Waals surface area contributed by atoms with Crippen molar-refractivity contribution >= 4 is 32.2 Å². The Morgan fingerprint density at radius 3 is 2.65 bits per heavy atom. The molecule has 0 bridgehead atoms. The zero-order valence-corrected chi connectivity index (χ0v) is 15.8. The van der Waals surface area contributed by atoms with Gasteiger partial charge in [-0.15, -0.1) is 0 Å². The minimum atomic E-state index is -2.95. The molecule has 1 amide bonds. The van der Waals surface area contributed by atoms with Crippen LogP contribution in [0.3, 0.4) is 0 Å². The highest BCUT2D eigenvalue weighted by Gasteiger charge is 2.36. The van der Waals surface area contributed by atoms with E-state index in [0.29, 0.717) is 13.1 Å². The van der Waals surface area contributed by atoms with Crippen molar-refractivity contribution in [2.45, 2.75) is 32.2 Å². The van der Waals surface area contributed by atoms with Crippen molar-refractivity contribution in [1.29, 1.82) is 0 Å². The molecule has 2 aliphatic heterocycles. The molecule has 26 heavy (non-hydrogen) atoms. The summed E-state index contributed by atoms with van der Waals surface area (Å²) in [6, 6.07) is 11.8. The average Bonchev–Trinajstić information content (AvgIpc) is 3.12. The van der Waals surface area contributed by atoms with E-state index in [-0.39, 0.29) is 23.5 Å². The van der Waals surface area contributed by atoms with E-state index >= 15 is 0 Å². The summed E-state index contributed by atoms with van der Waals surface area (Å²) >= 11 is 0. The van der Waals surface area contributed by atoms with Crippen LogP contribution in [0.15, 0.2) is 36.4 Å². The summed E-state index contributed by atoms with van der Waals surface area (Å²) in [4.78, 5) is 17.0. The first kappa shape index (κ1) is 17.5. The molecule has 5 nitrogen and oxygen atoms in total. The number of rotatable bonds is 6. The highest BCUT2D eigenvalue weighted by molar-refractivity contribution is 7.91. The average molecular weight is 372 g/mol. The smallest absolute Gasteiger partial charge is 0.260 e. The number of hydrogen-bond donors (Lipinski definition) is 0. The van der Waals surface area contributed by atoms with Gasteiger partial charge in [0.25, 0.3) is 5.91 Å². The first-order valence-corrected chi connectivity index (χ1v) is 11.1. The second-order valence-electron chi connectivity index (χ2n) is 7.28. The molecule has 2 heterocycles. The Bertz CT molecular complexity index is 949. The van der Waals surface area contributed by atoms with Crippen LogP contribution in [0.25, 0.3) is 10.8 Å². The van der Waals surface area contributed by atoms with E-state index in [1.165, 1.54) is 0 Å². The maximum atomic E-state index is 13.0. The predicted octanol–water partition coefficient (Wildman–Crippen LogP) is 3.05. The SMILES string of the molecule is CCCCN(CN1C(=O)c2cccc3cccc1c23)[C@H]1CCS(=O)(=O)C1. The summed E-state index contributed by atoms with van der Waals surface area (Å²) in [6.07, 6.45) is 2.70. The highest BCUT2D eigenvalue weighted by Crippen LogP contribution is 2.37. The number of anilines is 1. The van der Waals surface area contributed by atoms with Crippen molar-refractivity contribution in [1.82, 2.24) is 4.90 Å². The van der Waals surface area contributed by atoms with Gasteiger partial charge in [-0.1, -0.05) is 37.6 Å². The van der Waals surface area contributed by atoms with Gasteiger partial charge in [0.05, 0.1) is 23.9 Å². The van der Waals surface area contributed by atoms with Crippen LogP contribution in [-0.4, -0.2) is 50.0 Å². The third kappa shape index (κ3) is 3.01. The second-order valence-corrected chi connectivity index (χ2v) is 9.51. The third-order valence-electron chi connectivity index (χ3n) is 5.50. The normalized spacial score (nSPS) is 21.2. The van der Waals surface area contributed by atoms with Crippen LogP contribution in [0, 0.1) is 0 Å². The lowest BCUT2D eigenvalue weighted by Gasteiger charge is -2.32. The molecule has 4 rings (SSSR count). The van der Waals surface area contributed by atoms with E-state index in [2.05, 4.69) is 11.8 Å². The number of amides is 1. The van der Waals surface area contributed by atoms with Gasteiger partial charge in [-0.05, 0) is 30.4 Å². The van der Waals surface area contributed by atoms with E-state index in [1.54, 1.807) is 0 Å². The Labute approximate surface area is 154 Å². The van der Waals surface area contributed by atoms with Crippen LogP contribution in [0.2, 0.25) is 0 Å². The Hall–Kier alpha value is -1.92. The number of unbranched alkanes of at least 4 members (excludes halogenated alkanes) is 1. The monoisotopic (exact) mass is 372 g/mol. The van der Waals surface area contributed by atoms with Gasteiger partial charge in [-0.2, -0.15) is 0 Å². The Morgan fingerprint density at radius 2 is 1.96 bits per heavy atom. The molecule has 2 aromatic rings. The first-order valence-electron chi connectivity index (χ1n) is 9.28. The summed E-state index contributed by atoms with van der Waals surface area (Å²) in [5.41, 5.74) is 1.68. The molecular formula is C20H24N2O3S. The molecule has 6 heteroatoms. The van der Waals surface area contributed by atoms with Gasteiger partial charge < -0.3 is 0 Å². The Balaban J connectivity index is 1.64. The number of hydrogen-bond acceptors (Lipinski definition) is 4. The second kappa shape index (κ2) is 6.67. The van der Waals surface area contributed by atoms with Gasteiger partial charge in [0.15, 0.2) is 9.84 Å². The van der Waals surface area contributed by atoms with E-state index in [1.807, 2.05) is 41.3 Å². The molecule has 138 valence electrons. The molecule has 1 fully saturated rings. The summed E-state index contributed by atoms with van der Waals surface area (Å²) in [5.74, 6) is 0.471. The van der Waals surface area contributed by atoms with Gasteiger partial charge in [0.2, 0.25) is 0 Å². The van der Waals surface area contributed by atoms with Crippen molar-refractivity contribution in [3.8, 4) is 0 Å². The predicted molar refractivity (Wildman–Crippen MR) is 104 cm³/mol. The van der Waals surface area contributed by atoms with Crippen molar-refractivity contribution in [2.24, 2.45) is 0 Å². The van der Waals surface area contributed by atoms with E-state index < -0.39 is 9.84 Å². The van der Waals surface area contributed by atoms with E-state index in [0.717, 1.165) is 41.4 Å². The summed E-state index contributed by atoms with van der Waals surface area (Å²) in [6.45, 7) is 3.39. The fourth-order valence-corrected chi connectivity index (χ4v) is 5.86. The maximum absolute atomic E-state index is 13.0. The standard InChI is InChI=1S/C20H24N2O3S/c1-2-3-11-21(16-10-12-26(24,25)13-16)14-22-18-9-5-7-15-6-4-8-17(19(15)18)20(22)23/h4-9,16H,2-3,10-14H2,1H3/t16-/m0/s1. The zero-order valence-electron chi connectivity index (χ0n) is 15.0. The number of carbonyl (C=O) groups is 1. The molecule has 1 atom stereocenters. The van der Waals surface area contributed by atoms with Gasteiger partial charge in [0, 0.05) is 23.5 Å². The lowest BCUT2D eigenvalue weighted by Crippen LogP contribution is -2.46. The molecule has 0 N–H and O–H groups in total. The fourth-order valence-electron chi connectivity index (χ4n) is 4.09. The van der Waals surface area contributed by atoms with Crippen molar-refractivity contribution in [3.63, 3.8) is 0 Å². The van der Waals surface area contributed by atoms with Crippen LogP contribution < -0.4 is 4.90 Å². The third-order valence-corrected chi connectivity index (χ3v) is 7.25. The Morgan fingerprint density at radius 1 is 1.19 bits per heavy atom. The van der Waals surface area contributed by atoms with E-state index in [4.69, 9.17) is 0 Å². The number of nitrogens with zero attached hydrogens (tertiary/aromatic N) is 2. The molecule has 1 saturated heterocycles. The quantitative estimate of drug-likeness (QED) is 0.782. The largest absolute Gasteiger partial charge is 0.294 e. The molecule has 0 spiro atoms. The van der Waals surface area contributed by atoms with Gasteiger partial charge in [-0.25, -0.2) is 8.42 Å². The van der Waals surface area contributed by atoms with E-state index in [9.17, 15) is 13.2 Å². The lowest BCUT2D eigenvalue weighted by atomic mass is 10.1.